The fraction of sp³-hybridized carbons (Fsp3) is 0.318. The van der Waals surface area contributed by atoms with Gasteiger partial charge in [-0.1, -0.05) is 31.2 Å². The number of nitrogens with one attached hydrogen (secondary N) is 1. The molecule has 29 heavy (non-hydrogen) atoms. The van der Waals surface area contributed by atoms with Gasteiger partial charge in [-0.25, -0.2) is 0 Å². The van der Waals surface area contributed by atoms with E-state index < -0.39 is 11.9 Å². The van der Waals surface area contributed by atoms with Crippen molar-refractivity contribution in [3.63, 3.8) is 0 Å². The summed E-state index contributed by atoms with van der Waals surface area (Å²) in [5.74, 6) is -1.38. The summed E-state index contributed by atoms with van der Waals surface area (Å²) in [4.78, 5) is 34.3. The average Bonchev–Trinajstić information content (AvgIpc) is 2.99. The Kier molecular flexibility index (Phi) is 7.36. The van der Waals surface area contributed by atoms with Crippen LogP contribution in [0.15, 0.2) is 36.4 Å². The van der Waals surface area contributed by atoms with Gasteiger partial charge in [-0.15, -0.1) is 0 Å². The lowest BCUT2D eigenvalue weighted by atomic mass is 10.1. The van der Waals surface area contributed by atoms with Crippen molar-refractivity contribution in [2.45, 2.75) is 40.3 Å². The Bertz CT molecular complexity index is 924. The number of aliphatic carboxylic acids is 1. The maximum absolute atomic E-state index is 12.3. The first kappa shape index (κ1) is 21.9. The minimum absolute atomic E-state index is 0.0515. The monoisotopic (exact) mass is 397 g/mol. The van der Waals surface area contributed by atoms with Crippen LogP contribution in [-0.4, -0.2) is 34.3 Å². The summed E-state index contributed by atoms with van der Waals surface area (Å²) in [5, 5.41) is 11.1. The molecule has 1 heterocycles. The highest BCUT2D eigenvalue weighted by atomic mass is 16.4. The van der Waals surface area contributed by atoms with E-state index in [1.54, 1.807) is 13.0 Å². The highest BCUT2D eigenvalue weighted by Crippen LogP contribution is 2.29. The standard InChI is InChI=1S/C19H21N3O2.C3H6O2/c1-12-6-7-14(8-13(12)2)9-21-17-5-3-4-15-16(17)10-22(19(15)24)11-18(20)23;1-2-3(4)5/h3-8,21H,9-11H2,1-2H3,(H2,20,23);2H2,1H3,(H,4,5). The van der Waals surface area contributed by atoms with Gasteiger partial charge < -0.3 is 21.1 Å². The molecule has 3 rings (SSSR count). The Labute approximate surface area is 170 Å². The van der Waals surface area contributed by atoms with Gasteiger partial charge in [0.05, 0.1) is 6.54 Å². The van der Waals surface area contributed by atoms with Gasteiger partial charge in [0.15, 0.2) is 0 Å². The summed E-state index contributed by atoms with van der Waals surface area (Å²) in [6.45, 7) is 6.83. The highest BCUT2D eigenvalue weighted by molar-refractivity contribution is 6.01. The third-order valence-electron chi connectivity index (χ3n) is 4.75. The summed E-state index contributed by atoms with van der Waals surface area (Å²) in [5.41, 5.74) is 11.4. The molecule has 0 fully saturated rings. The minimum Gasteiger partial charge on any atom is -0.481 e. The van der Waals surface area contributed by atoms with Crippen molar-refractivity contribution >= 4 is 23.5 Å². The van der Waals surface area contributed by atoms with Gasteiger partial charge in [0.1, 0.15) is 0 Å². The van der Waals surface area contributed by atoms with Crippen molar-refractivity contribution in [2.24, 2.45) is 5.73 Å². The number of carboxylic acid groups (broad SMARTS) is 1. The molecule has 0 unspecified atom stereocenters. The molecule has 0 atom stereocenters. The smallest absolute Gasteiger partial charge is 0.303 e. The molecule has 0 bridgehead atoms. The van der Waals surface area contributed by atoms with Crippen molar-refractivity contribution in [3.8, 4) is 0 Å². The number of carbonyl (C=O) groups is 3. The van der Waals surface area contributed by atoms with E-state index in [9.17, 15) is 14.4 Å². The molecular weight excluding hydrogens is 370 g/mol. The molecule has 154 valence electrons. The van der Waals surface area contributed by atoms with E-state index in [1.165, 1.54) is 21.6 Å². The molecule has 0 saturated heterocycles. The van der Waals surface area contributed by atoms with Crippen LogP contribution in [0, 0.1) is 13.8 Å². The fourth-order valence-electron chi connectivity index (χ4n) is 2.98. The van der Waals surface area contributed by atoms with Crippen LogP contribution in [0.1, 0.15) is 46.0 Å². The molecule has 0 spiro atoms. The molecule has 2 aromatic rings. The lowest BCUT2D eigenvalue weighted by molar-refractivity contribution is -0.136. The summed E-state index contributed by atoms with van der Waals surface area (Å²) >= 11 is 0. The van der Waals surface area contributed by atoms with Gasteiger partial charge in [0, 0.05) is 36.3 Å². The van der Waals surface area contributed by atoms with Crippen LogP contribution >= 0.6 is 0 Å². The number of carbonyl (C=O) groups excluding carboxylic acids is 2. The second-order valence-electron chi connectivity index (χ2n) is 6.98. The quantitative estimate of drug-likeness (QED) is 0.694. The second kappa shape index (κ2) is 9.73. The van der Waals surface area contributed by atoms with Crippen LogP contribution in [0.4, 0.5) is 5.69 Å². The van der Waals surface area contributed by atoms with Crippen LogP contribution in [0.2, 0.25) is 0 Å². The number of nitrogens with two attached hydrogens (primary N) is 1. The van der Waals surface area contributed by atoms with Gasteiger partial charge in [-0.3, -0.25) is 14.4 Å². The SMILES string of the molecule is CCC(=O)O.Cc1ccc(CNc2cccc3c2CN(CC(N)=O)C3=O)cc1C. The molecule has 7 nitrogen and oxygen atoms in total. The van der Waals surface area contributed by atoms with E-state index in [2.05, 4.69) is 37.4 Å². The Morgan fingerprint density at radius 1 is 1.17 bits per heavy atom. The van der Waals surface area contributed by atoms with E-state index >= 15 is 0 Å². The van der Waals surface area contributed by atoms with Crippen LogP contribution in [-0.2, 0) is 22.7 Å². The van der Waals surface area contributed by atoms with E-state index in [0.29, 0.717) is 18.7 Å². The zero-order chi connectivity index (χ0) is 21.6. The molecule has 2 aromatic carbocycles. The molecule has 2 amide bonds. The highest BCUT2D eigenvalue weighted by Gasteiger charge is 2.29. The number of aryl methyl sites for hydroxylation is 2. The molecule has 7 heteroatoms. The van der Waals surface area contributed by atoms with Crippen molar-refractivity contribution in [1.82, 2.24) is 4.90 Å². The van der Waals surface area contributed by atoms with E-state index in [4.69, 9.17) is 10.8 Å². The topological polar surface area (TPSA) is 113 Å². The van der Waals surface area contributed by atoms with E-state index in [-0.39, 0.29) is 18.9 Å². The van der Waals surface area contributed by atoms with Gasteiger partial charge in [0.2, 0.25) is 5.91 Å². The summed E-state index contributed by atoms with van der Waals surface area (Å²) in [6, 6.07) is 12.0. The number of anilines is 1. The number of amides is 2. The first-order valence-corrected chi connectivity index (χ1v) is 9.44. The fourth-order valence-corrected chi connectivity index (χ4v) is 2.98. The van der Waals surface area contributed by atoms with Crippen molar-refractivity contribution in [1.29, 1.82) is 0 Å². The first-order chi connectivity index (χ1) is 13.7. The lowest BCUT2D eigenvalue weighted by Crippen LogP contribution is -2.33. The summed E-state index contributed by atoms with van der Waals surface area (Å²) in [6.07, 6.45) is 0.222. The number of hydrogen-bond donors (Lipinski definition) is 3. The summed E-state index contributed by atoms with van der Waals surface area (Å²) in [7, 11) is 0. The number of rotatable bonds is 6. The Morgan fingerprint density at radius 2 is 1.86 bits per heavy atom. The molecule has 0 aromatic heterocycles. The summed E-state index contributed by atoms with van der Waals surface area (Å²) < 4.78 is 0. The third kappa shape index (κ3) is 5.81. The van der Waals surface area contributed by atoms with Crippen LogP contribution < -0.4 is 11.1 Å². The van der Waals surface area contributed by atoms with E-state index in [0.717, 1.165) is 11.3 Å². The number of hydrogen-bond acceptors (Lipinski definition) is 4. The number of benzene rings is 2. The van der Waals surface area contributed by atoms with Crippen LogP contribution in [0.5, 0.6) is 0 Å². The van der Waals surface area contributed by atoms with Gasteiger partial charge >= 0.3 is 5.97 Å². The Morgan fingerprint density at radius 3 is 2.45 bits per heavy atom. The average molecular weight is 397 g/mol. The zero-order valence-corrected chi connectivity index (χ0v) is 17.0. The third-order valence-corrected chi connectivity index (χ3v) is 4.75. The minimum atomic E-state index is -0.745. The van der Waals surface area contributed by atoms with Gasteiger partial charge in [-0.2, -0.15) is 0 Å². The van der Waals surface area contributed by atoms with Crippen molar-refractivity contribution in [2.75, 3.05) is 11.9 Å². The van der Waals surface area contributed by atoms with Crippen LogP contribution in [0.3, 0.4) is 0 Å². The normalized spacial score (nSPS) is 12.1. The number of carboxylic acids is 1. The van der Waals surface area contributed by atoms with Gasteiger partial charge in [0.25, 0.3) is 5.91 Å². The maximum Gasteiger partial charge on any atom is 0.303 e. The number of primary amides is 1. The zero-order valence-electron chi connectivity index (χ0n) is 17.0. The number of fused-ring (bicyclic) bond motifs is 1. The molecule has 1 aliphatic heterocycles. The number of nitrogens with zero attached hydrogens (tertiary/aromatic N) is 1. The van der Waals surface area contributed by atoms with Crippen molar-refractivity contribution in [3.05, 3.63) is 64.2 Å². The molecule has 0 saturated carbocycles. The Hall–Kier alpha value is -3.35. The first-order valence-electron chi connectivity index (χ1n) is 9.44. The maximum atomic E-state index is 12.3. The van der Waals surface area contributed by atoms with Gasteiger partial charge in [-0.05, 0) is 42.7 Å². The lowest BCUT2D eigenvalue weighted by Gasteiger charge is -2.14. The Balaban J connectivity index is 0.000000537. The second-order valence-corrected chi connectivity index (χ2v) is 6.98. The largest absolute Gasteiger partial charge is 0.481 e. The predicted octanol–water partition coefficient (Wildman–Crippen LogP) is 2.84. The molecule has 0 aliphatic carbocycles. The van der Waals surface area contributed by atoms with E-state index in [1.807, 2.05) is 12.1 Å². The predicted molar refractivity (Wildman–Crippen MR) is 112 cm³/mol. The molecular formula is C22H27N3O4. The molecule has 4 N–H and O–H groups in total. The molecule has 0 radical (unpaired) electrons. The van der Waals surface area contributed by atoms with Crippen LogP contribution in [0.25, 0.3) is 0 Å². The van der Waals surface area contributed by atoms with Crippen molar-refractivity contribution < 1.29 is 19.5 Å². The molecule has 1 aliphatic rings.